The fraction of sp³-hybridized carbons (Fsp3) is 0.115. The molecule has 0 saturated heterocycles. The molecule has 3 heterocycles. The average Bonchev–Trinajstić information content (AvgIpc) is 3.51. The summed E-state index contributed by atoms with van der Waals surface area (Å²) >= 11 is 0. The molecular weight excluding hydrogens is 442 g/mol. The molecule has 2 N–H and O–H groups in total. The van der Waals surface area contributed by atoms with Gasteiger partial charge in [0.2, 0.25) is 0 Å². The fourth-order valence-electron chi connectivity index (χ4n) is 4.13. The van der Waals surface area contributed by atoms with E-state index in [2.05, 4.69) is 30.5 Å². The monoisotopic (exact) mass is 463 g/mol. The van der Waals surface area contributed by atoms with Crippen molar-refractivity contribution in [2.45, 2.75) is 19.6 Å². The van der Waals surface area contributed by atoms with Crippen molar-refractivity contribution < 1.29 is 4.74 Å². The second kappa shape index (κ2) is 8.53. The van der Waals surface area contributed by atoms with E-state index in [9.17, 15) is 4.79 Å². The number of fused-ring (bicyclic) bond motifs is 2. The van der Waals surface area contributed by atoms with Gasteiger partial charge in [0.1, 0.15) is 11.6 Å². The van der Waals surface area contributed by atoms with Crippen LogP contribution in [0.3, 0.4) is 0 Å². The summed E-state index contributed by atoms with van der Waals surface area (Å²) in [5, 5.41) is 13.0. The molecule has 172 valence electrons. The second-order valence-electron chi connectivity index (χ2n) is 8.31. The Kier molecular flexibility index (Phi) is 5.07. The van der Waals surface area contributed by atoms with Crippen LogP contribution in [-0.2, 0) is 6.54 Å². The van der Waals surface area contributed by atoms with E-state index in [0.29, 0.717) is 23.7 Å². The number of hydrogen-bond donors (Lipinski definition) is 2. The zero-order valence-corrected chi connectivity index (χ0v) is 18.8. The first kappa shape index (κ1) is 20.8. The van der Waals surface area contributed by atoms with E-state index in [4.69, 9.17) is 4.74 Å². The smallest absolute Gasteiger partial charge is 0.259 e. The first-order valence-corrected chi connectivity index (χ1v) is 11.2. The minimum Gasteiger partial charge on any atom is -0.483 e. The van der Waals surface area contributed by atoms with Gasteiger partial charge in [-0.15, -0.1) is 5.10 Å². The van der Waals surface area contributed by atoms with Crippen LogP contribution in [0.1, 0.15) is 24.4 Å². The summed E-state index contributed by atoms with van der Waals surface area (Å²) in [5.41, 5.74) is 3.76. The largest absolute Gasteiger partial charge is 0.483 e. The van der Waals surface area contributed by atoms with Crippen LogP contribution in [0.4, 0.5) is 0 Å². The van der Waals surface area contributed by atoms with Crippen LogP contribution in [0.25, 0.3) is 33.3 Å². The van der Waals surface area contributed by atoms with Crippen LogP contribution < -0.4 is 10.3 Å². The summed E-state index contributed by atoms with van der Waals surface area (Å²) in [5.74, 6) is 1.86. The highest BCUT2D eigenvalue weighted by Gasteiger charge is 2.16. The molecule has 0 aliphatic carbocycles. The molecule has 1 unspecified atom stereocenters. The zero-order valence-electron chi connectivity index (χ0n) is 18.8. The molecule has 0 bridgehead atoms. The van der Waals surface area contributed by atoms with Gasteiger partial charge >= 0.3 is 0 Å². The lowest BCUT2D eigenvalue weighted by atomic mass is 10.1. The Balaban J connectivity index is 1.25. The number of ether oxygens (including phenoxy) is 1. The molecule has 0 radical (unpaired) electrons. The maximum Gasteiger partial charge on any atom is 0.259 e. The molecule has 0 fully saturated rings. The average molecular weight is 464 g/mol. The third-order valence-electron chi connectivity index (χ3n) is 5.86. The van der Waals surface area contributed by atoms with Crippen molar-refractivity contribution in [2.24, 2.45) is 0 Å². The lowest BCUT2D eigenvalue weighted by molar-refractivity contribution is 0.218. The Morgan fingerprint density at radius 1 is 0.943 bits per heavy atom. The third kappa shape index (κ3) is 4.04. The fourth-order valence-corrected chi connectivity index (χ4v) is 4.13. The third-order valence-corrected chi connectivity index (χ3v) is 5.86. The molecule has 0 saturated carbocycles. The van der Waals surface area contributed by atoms with Gasteiger partial charge in [0, 0.05) is 5.52 Å². The van der Waals surface area contributed by atoms with Gasteiger partial charge in [0.25, 0.3) is 5.56 Å². The highest BCUT2D eigenvalue weighted by atomic mass is 16.5. The first-order valence-electron chi connectivity index (χ1n) is 11.2. The number of tetrazole rings is 1. The van der Waals surface area contributed by atoms with Crippen molar-refractivity contribution in [2.75, 3.05) is 0 Å². The molecule has 35 heavy (non-hydrogen) atoms. The number of aromatic nitrogens is 7. The van der Waals surface area contributed by atoms with Crippen LogP contribution in [0.5, 0.6) is 5.75 Å². The van der Waals surface area contributed by atoms with Gasteiger partial charge in [0.15, 0.2) is 11.9 Å². The van der Waals surface area contributed by atoms with Crippen molar-refractivity contribution >= 4 is 21.9 Å². The van der Waals surface area contributed by atoms with Crippen LogP contribution >= 0.6 is 0 Å². The molecule has 6 rings (SSSR count). The Morgan fingerprint density at radius 3 is 2.66 bits per heavy atom. The molecule has 1 atom stereocenters. The van der Waals surface area contributed by atoms with Crippen molar-refractivity contribution in [3.8, 4) is 17.1 Å². The Bertz CT molecular complexity index is 1680. The van der Waals surface area contributed by atoms with E-state index in [1.54, 1.807) is 4.68 Å². The van der Waals surface area contributed by atoms with Crippen molar-refractivity contribution in [3.63, 3.8) is 0 Å². The van der Waals surface area contributed by atoms with E-state index in [1.165, 1.54) is 0 Å². The summed E-state index contributed by atoms with van der Waals surface area (Å²) in [7, 11) is 0. The molecule has 9 nitrogen and oxygen atoms in total. The van der Waals surface area contributed by atoms with Gasteiger partial charge in [0.05, 0.1) is 23.1 Å². The van der Waals surface area contributed by atoms with E-state index >= 15 is 0 Å². The van der Waals surface area contributed by atoms with Crippen molar-refractivity contribution in [1.29, 1.82) is 0 Å². The first-order chi connectivity index (χ1) is 17.1. The number of nitrogens with zero attached hydrogens (tertiary/aromatic N) is 5. The minimum atomic E-state index is -0.266. The van der Waals surface area contributed by atoms with Gasteiger partial charge in [-0.2, -0.15) is 0 Å². The zero-order chi connectivity index (χ0) is 23.8. The topological polar surface area (TPSA) is 114 Å². The number of H-pyrrole nitrogens is 2. The molecular formula is C26H21N7O2. The summed E-state index contributed by atoms with van der Waals surface area (Å²) in [6.07, 6.45) is -0.266. The molecule has 3 aromatic carbocycles. The number of para-hydroxylation sites is 3. The van der Waals surface area contributed by atoms with Gasteiger partial charge in [-0.05, 0) is 64.7 Å². The number of rotatable bonds is 6. The summed E-state index contributed by atoms with van der Waals surface area (Å²) in [6.45, 7) is 2.33. The SMILES string of the molecule is CC(Oc1cccc(Cn2nnnc2-c2cc3ccccc3[nH]c2=O)c1)c1nc2ccccc2[nH]1. The number of benzene rings is 3. The highest BCUT2D eigenvalue weighted by molar-refractivity contribution is 5.82. The van der Waals surface area contributed by atoms with E-state index in [-0.39, 0.29) is 11.7 Å². The van der Waals surface area contributed by atoms with Gasteiger partial charge in [-0.1, -0.05) is 42.5 Å². The number of aromatic amines is 2. The summed E-state index contributed by atoms with van der Waals surface area (Å²) in [4.78, 5) is 23.6. The maximum atomic E-state index is 12.7. The predicted octanol–water partition coefficient (Wildman–Crippen LogP) is 4.25. The van der Waals surface area contributed by atoms with E-state index < -0.39 is 0 Å². The number of imidazole rings is 1. The van der Waals surface area contributed by atoms with Crippen LogP contribution in [-0.4, -0.2) is 35.2 Å². The van der Waals surface area contributed by atoms with Gasteiger partial charge in [-0.25, -0.2) is 9.67 Å². The standard InChI is InChI=1S/C26H21N7O2/c1-16(24-27-22-11-4-5-12-23(22)28-24)35-19-9-6-7-17(13-19)15-33-25(30-31-32-33)20-14-18-8-2-3-10-21(18)29-26(20)34/h2-14,16H,15H2,1H3,(H,27,28)(H,29,34). The Hall–Kier alpha value is -4.79. The number of nitrogens with one attached hydrogen (secondary N) is 2. The highest BCUT2D eigenvalue weighted by Crippen LogP contribution is 2.24. The van der Waals surface area contributed by atoms with E-state index in [1.807, 2.05) is 85.8 Å². The van der Waals surface area contributed by atoms with Crippen molar-refractivity contribution in [3.05, 3.63) is 101 Å². The van der Waals surface area contributed by atoms with Gasteiger partial charge < -0.3 is 14.7 Å². The quantitative estimate of drug-likeness (QED) is 0.382. The molecule has 9 heteroatoms. The summed E-state index contributed by atoms with van der Waals surface area (Å²) in [6, 6.07) is 25.0. The summed E-state index contributed by atoms with van der Waals surface area (Å²) < 4.78 is 7.77. The second-order valence-corrected chi connectivity index (χ2v) is 8.31. The van der Waals surface area contributed by atoms with Crippen molar-refractivity contribution in [1.82, 2.24) is 35.2 Å². The molecule has 0 spiro atoms. The normalized spacial score (nSPS) is 12.3. The maximum absolute atomic E-state index is 12.7. The van der Waals surface area contributed by atoms with Crippen LogP contribution in [0, 0.1) is 0 Å². The van der Waals surface area contributed by atoms with Gasteiger partial charge in [-0.3, -0.25) is 4.79 Å². The number of hydrogen-bond acceptors (Lipinski definition) is 6. The van der Waals surface area contributed by atoms with E-state index in [0.717, 1.165) is 33.3 Å². The van der Waals surface area contributed by atoms with Crippen LogP contribution in [0.2, 0.25) is 0 Å². The molecule has 0 amide bonds. The Labute approximate surface area is 199 Å². The lowest BCUT2D eigenvalue weighted by Gasteiger charge is -2.13. The lowest BCUT2D eigenvalue weighted by Crippen LogP contribution is -2.13. The molecule has 0 aliphatic heterocycles. The number of pyridine rings is 1. The molecule has 3 aromatic heterocycles. The predicted molar refractivity (Wildman–Crippen MR) is 132 cm³/mol. The Morgan fingerprint density at radius 2 is 1.77 bits per heavy atom. The van der Waals surface area contributed by atoms with Crippen LogP contribution in [0.15, 0.2) is 83.7 Å². The molecule has 6 aromatic rings. The minimum absolute atomic E-state index is 0.239. The molecule has 0 aliphatic rings.